The fourth-order valence-electron chi connectivity index (χ4n) is 1.78. The zero-order chi connectivity index (χ0) is 15.1. The molecule has 2 N–H and O–H groups in total. The number of halogens is 2. The van der Waals surface area contributed by atoms with Crippen LogP contribution in [0.1, 0.15) is 12.0 Å². The van der Waals surface area contributed by atoms with Crippen LogP contribution < -0.4 is 15.2 Å². The maximum absolute atomic E-state index is 13.4. The molecule has 0 spiro atoms. The molecule has 2 aromatic rings. The molecular weight excluding hydrogens is 337 g/mol. The first kappa shape index (κ1) is 15.8. The van der Waals surface area contributed by atoms with Crippen LogP contribution in [0.3, 0.4) is 0 Å². The topological polar surface area (TPSA) is 44.5 Å². The number of benzene rings is 2. The molecule has 0 unspecified atom stereocenters. The van der Waals surface area contributed by atoms with Crippen LogP contribution in [0.5, 0.6) is 11.5 Å². The van der Waals surface area contributed by atoms with E-state index in [-0.39, 0.29) is 11.6 Å². The highest BCUT2D eigenvalue weighted by Gasteiger charge is 2.03. The molecule has 0 aliphatic rings. The Morgan fingerprint density at radius 2 is 1.86 bits per heavy atom. The number of hydrogen-bond acceptors (Lipinski definition) is 3. The fourth-order valence-corrected chi connectivity index (χ4v) is 2.12. The third-order valence-electron chi connectivity index (χ3n) is 2.84. The number of rotatable bonds is 7. The van der Waals surface area contributed by atoms with Crippen molar-refractivity contribution in [2.75, 3.05) is 13.2 Å². The molecule has 5 heteroatoms. The lowest BCUT2D eigenvalue weighted by Crippen LogP contribution is -2.06. The molecule has 2 rings (SSSR count). The lowest BCUT2D eigenvalue weighted by atomic mass is 10.2. The second-order valence-corrected chi connectivity index (χ2v) is 5.39. The molecule has 0 aliphatic heterocycles. The van der Waals surface area contributed by atoms with E-state index in [1.807, 2.05) is 24.3 Å². The molecule has 21 heavy (non-hydrogen) atoms. The van der Waals surface area contributed by atoms with Gasteiger partial charge in [-0.05, 0) is 35.9 Å². The van der Waals surface area contributed by atoms with Crippen LogP contribution in [0, 0.1) is 5.82 Å². The van der Waals surface area contributed by atoms with Gasteiger partial charge in [0, 0.05) is 17.4 Å². The van der Waals surface area contributed by atoms with Crippen molar-refractivity contribution in [1.29, 1.82) is 0 Å². The Balaban J connectivity index is 1.73. The summed E-state index contributed by atoms with van der Waals surface area (Å²) in [6.07, 6.45) is 0.665. The SMILES string of the molecule is NCc1cccc(OCCCOc2cc(Br)ccc2F)c1. The minimum atomic E-state index is -0.366. The van der Waals surface area contributed by atoms with Crippen molar-refractivity contribution < 1.29 is 13.9 Å². The largest absolute Gasteiger partial charge is 0.493 e. The van der Waals surface area contributed by atoms with Crippen molar-refractivity contribution in [3.8, 4) is 11.5 Å². The van der Waals surface area contributed by atoms with E-state index in [1.165, 1.54) is 6.07 Å². The molecule has 0 aromatic heterocycles. The Morgan fingerprint density at radius 3 is 2.67 bits per heavy atom. The maximum Gasteiger partial charge on any atom is 0.165 e. The molecule has 0 heterocycles. The molecule has 0 atom stereocenters. The normalized spacial score (nSPS) is 10.4. The van der Waals surface area contributed by atoms with Crippen LogP contribution in [0.15, 0.2) is 46.9 Å². The highest BCUT2D eigenvalue weighted by molar-refractivity contribution is 9.10. The van der Waals surface area contributed by atoms with E-state index in [0.717, 1.165) is 15.8 Å². The van der Waals surface area contributed by atoms with Crippen molar-refractivity contribution in [2.24, 2.45) is 5.73 Å². The van der Waals surface area contributed by atoms with Crippen molar-refractivity contribution in [2.45, 2.75) is 13.0 Å². The van der Waals surface area contributed by atoms with Crippen molar-refractivity contribution >= 4 is 15.9 Å². The zero-order valence-corrected chi connectivity index (χ0v) is 13.1. The van der Waals surface area contributed by atoms with Gasteiger partial charge in [0.15, 0.2) is 11.6 Å². The first-order valence-corrected chi connectivity index (χ1v) is 7.48. The Labute approximate surface area is 132 Å². The van der Waals surface area contributed by atoms with Gasteiger partial charge in [-0.25, -0.2) is 4.39 Å². The third kappa shape index (κ3) is 5.02. The molecule has 0 amide bonds. The van der Waals surface area contributed by atoms with Crippen LogP contribution in [0.2, 0.25) is 0 Å². The van der Waals surface area contributed by atoms with Gasteiger partial charge in [-0.15, -0.1) is 0 Å². The first-order chi connectivity index (χ1) is 10.2. The van der Waals surface area contributed by atoms with Gasteiger partial charge in [0.05, 0.1) is 13.2 Å². The first-order valence-electron chi connectivity index (χ1n) is 6.68. The standard InChI is InChI=1S/C16H17BrFNO2/c17-13-5-6-15(18)16(10-13)21-8-2-7-20-14-4-1-3-12(9-14)11-19/h1,3-6,9-10H,2,7-8,11,19H2. The van der Waals surface area contributed by atoms with Crippen LogP contribution >= 0.6 is 15.9 Å². The summed E-state index contributed by atoms with van der Waals surface area (Å²) >= 11 is 3.28. The van der Waals surface area contributed by atoms with Crippen LogP contribution in [0.25, 0.3) is 0 Å². The number of ether oxygens (including phenoxy) is 2. The highest BCUT2D eigenvalue weighted by Crippen LogP contribution is 2.22. The molecule has 0 saturated carbocycles. The summed E-state index contributed by atoms with van der Waals surface area (Å²) in [7, 11) is 0. The van der Waals surface area contributed by atoms with Crippen LogP contribution in [0.4, 0.5) is 4.39 Å². The summed E-state index contributed by atoms with van der Waals surface area (Å²) in [5.41, 5.74) is 6.60. The van der Waals surface area contributed by atoms with E-state index in [1.54, 1.807) is 12.1 Å². The summed E-state index contributed by atoms with van der Waals surface area (Å²) < 4.78 is 25.2. The zero-order valence-electron chi connectivity index (χ0n) is 11.5. The summed E-state index contributed by atoms with van der Waals surface area (Å²) in [4.78, 5) is 0. The highest BCUT2D eigenvalue weighted by atomic mass is 79.9. The maximum atomic E-state index is 13.4. The van der Waals surface area contributed by atoms with E-state index in [4.69, 9.17) is 15.2 Å². The Hall–Kier alpha value is -1.59. The molecule has 2 aromatic carbocycles. The fraction of sp³-hybridized carbons (Fsp3) is 0.250. The predicted octanol–water partition coefficient (Wildman–Crippen LogP) is 3.89. The Bertz CT molecular complexity index is 592. The van der Waals surface area contributed by atoms with E-state index in [2.05, 4.69) is 15.9 Å². The molecule has 3 nitrogen and oxygen atoms in total. The average Bonchev–Trinajstić information content (AvgIpc) is 2.50. The van der Waals surface area contributed by atoms with Gasteiger partial charge in [-0.3, -0.25) is 0 Å². The minimum Gasteiger partial charge on any atom is -0.493 e. The van der Waals surface area contributed by atoms with Gasteiger partial charge in [-0.1, -0.05) is 28.1 Å². The van der Waals surface area contributed by atoms with E-state index >= 15 is 0 Å². The van der Waals surface area contributed by atoms with Gasteiger partial charge < -0.3 is 15.2 Å². The lowest BCUT2D eigenvalue weighted by Gasteiger charge is -2.09. The van der Waals surface area contributed by atoms with Crippen LogP contribution in [-0.4, -0.2) is 13.2 Å². The second kappa shape index (κ2) is 8.00. The van der Waals surface area contributed by atoms with Gasteiger partial charge in [-0.2, -0.15) is 0 Å². The van der Waals surface area contributed by atoms with E-state index in [0.29, 0.717) is 26.2 Å². The minimum absolute atomic E-state index is 0.245. The molecular formula is C16H17BrFNO2. The second-order valence-electron chi connectivity index (χ2n) is 4.48. The van der Waals surface area contributed by atoms with Crippen molar-refractivity contribution in [1.82, 2.24) is 0 Å². The van der Waals surface area contributed by atoms with Crippen molar-refractivity contribution in [3.63, 3.8) is 0 Å². The number of hydrogen-bond donors (Lipinski definition) is 1. The summed E-state index contributed by atoms with van der Waals surface area (Å²) in [5.74, 6) is 0.663. The third-order valence-corrected chi connectivity index (χ3v) is 3.34. The smallest absolute Gasteiger partial charge is 0.165 e. The van der Waals surface area contributed by atoms with Gasteiger partial charge >= 0.3 is 0 Å². The monoisotopic (exact) mass is 353 g/mol. The van der Waals surface area contributed by atoms with Crippen LogP contribution in [-0.2, 0) is 6.54 Å². The molecule has 0 radical (unpaired) electrons. The average molecular weight is 354 g/mol. The molecule has 0 aliphatic carbocycles. The summed E-state index contributed by atoms with van der Waals surface area (Å²) in [6, 6.07) is 12.3. The van der Waals surface area contributed by atoms with E-state index in [9.17, 15) is 4.39 Å². The van der Waals surface area contributed by atoms with Gasteiger partial charge in [0.2, 0.25) is 0 Å². The van der Waals surface area contributed by atoms with Gasteiger partial charge in [0.1, 0.15) is 5.75 Å². The lowest BCUT2D eigenvalue weighted by molar-refractivity contribution is 0.241. The summed E-state index contributed by atoms with van der Waals surface area (Å²) in [6.45, 7) is 1.38. The molecule has 0 fully saturated rings. The van der Waals surface area contributed by atoms with Crippen molar-refractivity contribution in [3.05, 3.63) is 58.3 Å². The Kier molecular flexibility index (Phi) is 6.02. The van der Waals surface area contributed by atoms with Gasteiger partial charge in [0.25, 0.3) is 0 Å². The molecule has 112 valence electrons. The summed E-state index contributed by atoms with van der Waals surface area (Å²) in [5, 5.41) is 0. The van der Waals surface area contributed by atoms with E-state index < -0.39 is 0 Å². The molecule has 0 bridgehead atoms. The molecule has 0 saturated heterocycles. The number of nitrogens with two attached hydrogens (primary N) is 1. The quantitative estimate of drug-likeness (QED) is 0.767. The predicted molar refractivity (Wildman–Crippen MR) is 84.0 cm³/mol. The Morgan fingerprint density at radius 1 is 1.05 bits per heavy atom.